The first-order valence-electron chi connectivity index (χ1n) is 8.40. The number of hydrogen-bond acceptors (Lipinski definition) is 6. The summed E-state index contributed by atoms with van der Waals surface area (Å²) in [7, 11) is 0. The predicted molar refractivity (Wildman–Crippen MR) is 94.2 cm³/mol. The molecule has 0 heterocycles. The fraction of sp³-hybridized carbons (Fsp3) is 0.444. The molecule has 25 heavy (non-hydrogen) atoms. The van der Waals surface area contributed by atoms with Gasteiger partial charge in [0.15, 0.2) is 0 Å². The van der Waals surface area contributed by atoms with Crippen LogP contribution in [0, 0.1) is 10.1 Å². The molecule has 0 unspecified atom stereocenters. The van der Waals surface area contributed by atoms with Crippen molar-refractivity contribution in [3.63, 3.8) is 0 Å². The Balaban J connectivity index is 2.08. The molecule has 0 bridgehead atoms. The van der Waals surface area contributed by atoms with Gasteiger partial charge in [-0.3, -0.25) is 10.1 Å². The Bertz CT molecular complexity index is 657. The molecule has 1 fully saturated rings. The number of rotatable bonds is 7. The summed E-state index contributed by atoms with van der Waals surface area (Å²) >= 11 is 0. The quantitative estimate of drug-likeness (QED) is 0.323. The molecule has 0 aromatic heterocycles. The molecule has 0 aliphatic heterocycles. The SMILES string of the molecule is CCOC(=O)/C(=C/c1ccc([N+](=O)[O-])cc1)CON=C1CCCCC1. The molecule has 1 aliphatic carbocycles. The molecule has 1 aromatic rings. The molecule has 1 aromatic carbocycles. The number of benzene rings is 1. The van der Waals surface area contributed by atoms with Crippen molar-refractivity contribution in [1.82, 2.24) is 0 Å². The average molecular weight is 346 g/mol. The lowest BCUT2D eigenvalue weighted by molar-refractivity contribution is -0.384. The second-order valence-electron chi connectivity index (χ2n) is 5.73. The van der Waals surface area contributed by atoms with E-state index in [-0.39, 0.29) is 18.9 Å². The molecule has 0 spiro atoms. The molecule has 1 aliphatic rings. The zero-order valence-corrected chi connectivity index (χ0v) is 14.3. The predicted octanol–water partition coefficient (Wildman–Crippen LogP) is 3.88. The molecule has 2 rings (SSSR count). The molecule has 7 heteroatoms. The number of carbonyl (C=O) groups is 1. The summed E-state index contributed by atoms with van der Waals surface area (Å²) in [6, 6.07) is 5.92. The van der Waals surface area contributed by atoms with E-state index in [2.05, 4.69) is 5.16 Å². The third-order valence-corrected chi connectivity index (χ3v) is 3.83. The first-order chi connectivity index (χ1) is 12.1. The highest BCUT2D eigenvalue weighted by Crippen LogP contribution is 2.17. The molecule has 0 atom stereocenters. The monoisotopic (exact) mass is 346 g/mol. The van der Waals surface area contributed by atoms with Crippen LogP contribution in [0.3, 0.4) is 0 Å². The highest BCUT2D eigenvalue weighted by Gasteiger charge is 2.13. The fourth-order valence-corrected chi connectivity index (χ4v) is 2.52. The van der Waals surface area contributed by atoms with Crippen molar-refractivity contribution in [2.24, 2.45) is 5.16 Å². The average Bonchev–Trinajstić information content (AvgIpc) is 2.62. The van der Waals surface area contributed by atoms with Gasteiger partial charge in [0.1, 0.15) is 6.61 Å². The zero-order chi connectivity index (χ0) is 18.1. The molecular weight excluding hydrogens is 324 g/mol. The topological polar surface area (TPSA) is 91.0 Å². The van der Waals surface area contributed by atoms with Gasteiger partial charge >= 0.3 is 5.97 Å². The number of esters is 1. The maximum Gasteiger partial charge on any atom is 0.337 e. The Morgan fingerprint density at radius 2 is 1.92 bits per heavy atom. The second kappa shape index (κ2) is 9.56. The van der Waals surface area contributed by atoms with Gasteiger partial charge in [0.05, 0.1) is 22.8 Å². The number of non-ortho nitro benzene ring substituents is 1. The van der Waals surface area contributed by atoms with E-state index in [0.717, 1.165) is 31.4 Å². The van der Waals surface area contributed by atoms with Crippen molar-refractivity contribution in [1.29, 1.82) is 0 Å². The lowest BCUT2D eigenvalue weighted by Gasteiger charge is -2.12. The van der Waals surface area contributed by atoms with Crippen molar-refractivity contribution in [2.45, 2.75) is 39.0 Å². The molecule has 0 amide bonds. The van der Waals surface area contributed by atoms with Gasteiger partial charge in [-0.1, -0.05) is 11.6 Å². The third kappa shape index (κ3) is 6.02. The van der Waals surface area contributed by atoms with Crippen LogP contribution in [0.5, 0.6) is 0 Å². The van der Waals surface area contributed by atoms with Gasteiger partial charge in [0.25, 0.3) is 5.69 Å². The minimum absolute atomic E-state index is 0.000674. The maximum absolute atomic E-state index is 12.1. The lowest BCUT2D eigenvalue weighted by atomic mass is 9.99. The third-order valence-electron chi connectivity index (χ3n) is 3.83. The summed E-state index contributed by atoms with van der Waals surface area (Å²) in [5, 5.41) is 14.8. The van der Waals surface area contributed by atoms with Gasteiger partial charge in [0.2, 0.25) is 0 Å². The number of hydrogen-bond donors (Lipinski definition) is 0. The standard InChI is InChI=1S/C18H22N2O5/c1-2-24-18(21)15(13-25-19-16-6-4-3-5-7-16)12-14-8-10-17(11-9-14)20(22)23/h8-12H,2-7,13H2,1H3/b15-12+. The molecular formula is C18H22N2O5. The molecule has 0 N–H and O–H groups in total. The van der Waals surface area contributed by atoms with Crippen LogP contribution >= 0.6 is 0 Å². The Labute approximate surface area is 146 Å². The molecule has 0 saturated heterocycles. The minimum Gasteiger partial charge on any atom is -0.463 e. The summed E-state index contributed by atoms with van der Waals surface area (Å²) in [6.07, 6.45) is 6.91. The van der Waals surface area contributed by atoms with Gasteiger partial charge < -0.3 is 9.57 Å². The Kier molecular flexibility index (Phi) is 7.13. The van der Waals surface area contributed by atoms with Crippen LogP contribution in [0.15, 0.2) is 35.0 Å². The van der Waals surface area contributed by atoms with Gasteiger partial charge in [-0.15, -0.1) is 0 Å². The summed E-state index contributed by atoms with van der Waals surface area (Å²) in [6.45, 7) is 1.98. The van der Waals surface area contributed by atoms with Crippen molar-refractivity contribution in [3.8, 4) is 0 Å². The Hall–Kier alpha value is -2.70. The van der Waals surface area contributed by atoms with Crippen molar-refractivity contribution in [2.75, 3.05) is 13.2 Å². The zero-order valence-electron chi connectivity index (χ0n) is 14.3. The number of ether oxygens (including phenoxy) is 1. The van der Waals surface area contributed by atoms with Gasteiger partial charge in [-0.25, -0.2) is 4.79 Å². The maximum atomic E-state index is 12.1. The van der Waals surface area contributed by atoms with E-state index in [9.17, 15) is 14.9 Å². The molecule has 134 valence electrons. The van der Waals surface area contributed by atoms with Crippen molar-refractivity contribution < 1.29 is 19.3 Å². The van der Waals surface area contributed by atoms with Crippen LogP contribution < -0.4 is 0 Å². The van der Waals surface area contributed by atoms with E-state index >= 15 is 0 Å². The van der Waals surface area contributed by atoms with E-state index in [4.69, 9.17) is 9.57 Å². The summed E-state index contributed by atoms with van der Waals surface area (Å²) < 4.78 is 5.04. The largest absolute Gasteiger partial charge is 0.463 e. The van der Waals surface area contributed by atoms with Gasteiger partial charge in [-0.2, -0.15) is 0 Å². The summed E-state index contributed by atoms with van der Waals surface area (Å²) in [5.41, 5.74) is 1.98. The lowest BCUT2D eigenvalue weighted by Crippen LogP contribution is -2.12. The van der Waals surface area contributed by atoms with E-state index in [1.807, 2.05) is 0 Å². The van der Waals surface area contributed by atoms with E-state index in [1.165, 1.54) is 18.6 Å². The van der Waals surface area contributed by atoms with E-state index < -0.39 is 10.9 Å². The number of carbonyl (C=O) groups excluding carboxylic acids is 1. The van der Waals surface area contributed by atoms with E-state index in [1.54, 1.807) is 25.1 Å². The Morgan fingerprint density at radius 3 is 2.52 bits per heavy atom. The first kappa shape index (κ1) is 18.6. The number of nitro benzene ring substituents is 1. The molecule has 1 saturated carbocycles. The summed E-state index contributed by atoms with van der Waals surface area (Å²) in [5.74, 6) is -0.482. The fourth-order valence-electron chi connectivity index (χ4n) is 2.52. The number of nitro groups is 1. The van der Waals surface area contributed by atoms with Crippen LogP contribution in [0.1, 0.15) is 44.6 Å². The molecule has 7 nitrogen and oxygen atoms in total. The highest BCUT2D eigenvalue weighted by atomic mass is 16.6. The summed E-state index contributed by atoms with van der Waals surface area (Å²) in [4.78, 5) is 27.7. The highest BCUT2D eigenvalue weighted by molar-refractivity contribution is 5.94. The van der Waals surface area contributed by atoms with Gasteiger partial charge in [0, 0.05) is 12.1 Å². The minimum atomic E-state index is -0.482. The number of oxime groups is 1. The smallest absolute Gasteiger partial charge is 0.337 e. The van der Waals surface area contributed by atoms with Crippen LogP contribution in [0.4, 0.5) is 5.69 Å². The van der Waals surface area contributed by atoms with E-state index in [0.29, 0.717) is 11.1 Å². The number of nitrogens with zero attached hydrogens (tertiary/aromatic N) is 2. The first-order valence-corrected chi connectivity index (χ1v) is 8.40. The normalized spacial score (nSPS) is 14.8. The Morgan fingerprint density at radius 1 is 1.24 bits per heavy atom. The van der Waals surface area contributed by atoms with Crippen LogP contribution in [0.2, 0.25) is 0 Å². The van der Waals surface area contributed by atoms with Crippen LogP contribution in [0.25, 0.3) is 6.08 Å². The second-order valence-corrected chi connectivity index (χ2v) is 5.73. The molecule has 0 radical (unpaired) electrons. The van der Waals surface area contributed by atoms with Crippen molar-refractivity contribution >= 4 is 23.4 Å². The van der Waals surface area contributed by atoms with Crippen LogP contribution in [-0.4, -0.2) is 29.8 Å². The van der Waals surface area contributed by atoms with Gasteiger partial charge in [-0.05, 0) is 56.4 Å². The van der Waals surface area contributed by atoms with Crippen LogP contribution in [-0.2, 0) is 14.4 Å². The van der Waals surface area contributed by atoms with Crippen molar-refractivity contribution in [3.05, 3.63) is 45.5 Å².